The molecule has 3 amide bonds. The number of piperidine rings is 1. The molecule has 65 heavy (non-hydrogen) atoms. The Balaban J connectivity index is 0.912. The number of hydrogen-bond acceptors (Lipinski definition) is 11. The Labute approximate surface area is 372 Å². The van der Waals surface area contributed by atoms with Crippen molar-refractivity contribution in [2.45, 2.75) is 51.1 Å². The number of esters is 2. The maximum atomic E-state index is 13.5. The molecular formula is C48H45F3N4O10. The Morgan fingerprint density at radius 1 is 0.846 bits per heavy atom. The number of rotatable bonds is 12. The first-order valence-electron chi connectivity index (χ1n) is 20.8. The SMILES string of the molecule is COC(=O)c1ccc(C(=O)N2CCC3(CC2)CN(C(=O)OCCOc2ccc(C(=O)c4ccc(-c5cc(C(=O)NC6CC6)ccc5C)cc4)cc2)C3OC(=O)C(F)(F)F)cc1C#CCN. The molecule has 2 aliphatic heterocycles. The van der Waals surface area contributed by atoms with Gasteiger partial charge in [-0.3, -0.25) is 19.3 Å². The number of nitrogens with zero attached hydrogens (tertiary/aromatic N) is 2. The number of methoxy groups -OCH3 is 1. The summed E-state index contributed by atoms with van der Waals surface area (Å²) < 4.78 is 60.8. The van der Waals surface area contributed by atoms with Crippen LogP contribution in [0.3, 0.4) is 0 Å². The Hall–Kier alpha value is -7.19. The van der Waals surface area contributed by atoms with E-state index in [-0.39, 0.29) is 86.7 Å². The number of nitrogens with two attached hydrogens (primary N) is 1. The Bertz CT molecular complexity index is 2560. The average molecular weight is 895 g/mol. The number of ketones is 1. The van der Waals surface area contributed by atoms with Crippen molar-refractivity contribution in [3.8, 4) is 28.7 Å². The van der Waals surface area contributed by atoms with E-state index in [1.165, 1.54) is 30.2 Å². The minimum absolute atomic E-state index is 0.00492. The van der Waals surface area contributed by atoms with Crippen LogP contribution in [-0.2, 0) is 19.0 Å². The number of halogens is 3. The van der Waals surface area contributed by atoms with Gasteiger partial charge in [0.2, 0.25) is 0 Å². The standard InChI is InChI=1S/C48H45F3N4O10/c1-29-5-6-34(41(57)53-36-14-15-36)27-39(29)30-7-9-31(10-8-30)40(56)32-11-16-37(17-12-32)63-24-25-64-46(61)55-28-47(44(55)65-45(60)48(49,50)51)19-22-54(23-20-47)42(58)35-13-18-38(43(59)62-2)33(26-35)4-3-21-52/h5-13,16-18,26-27,36,44H,14-15,19-25,28,52H2,1-2H3,(H,53,57). The molecule has 2 heterocycles. The van der Waals surface area contributed by atoms with Gasteiger partial charge in [0.1, 0.15) is 19.0 Å². The van der Waals surface area contributed by atoms with E-state index in [1.807, 2.05) is 31.2 Å². The summed E-state index contributed by atoms with van der Waals surface area (Å²) in [6.07, 6.45) is -5.79. The molecule has 2 saturated heterocycles. The van der Waals surface area contributed by atoms with Crippen LogP contribution in [0.2, 0.25) is 0 Å². The van der Waals surface area contributed by atoms with E-state index in [2.05, 4.69) is 17.2 Å². The number of hydrogen-bond donors (Lipinski definition) is 2. The first-order valence-corrected chi connectivity index (χ1v) is 20.8. The van der Waals surface area contributed by atoms with Crippen LogP contribution in [0.1, 0.15) is 83.8 Å². The monoisotopic (exact) mass is 894 g/mol. The summed E-state index contributed by atoms with van der Waals surface area (Å²) in [6, 6.07) is 23.5. The van der Waals surface area contributed by atoms with Crippen LogP contribution >= 0.6 is 0 Å². The number of alkyl halides is 3. The lowest BCUT2D eigenvalue weighted by atomic mass is 9.70. The molecule has 4 aromatic carbocycles. The summed E-state index contributed by atoms with van der Waals surface area (Å²) in [5.74, 6) is 1.86. The molecule has 1 atom stereocenters. The summed E-state index contributed by atoms with van der Waals surface area (Å²) in [5.41, 5.74) is 9.12. The van der Waals surface area contributed by atoms with Crippen LogP contribution in [0.4, 0.5) is 18.0 Å². The third-order valence-corrected chi connectivity index (χ3v) is 11.6. The Morgan fingerprint density at radius 2 is 1.49 bits per heavy atom. The van der Waals surface area contributed by atoms with E-state index in [4.69, 9.17) is 24.7 Å². The number of aryl methyl sites for hydroxylation is 1. The largest absolute Gasteiger partial charge is 0.491 e. The quantitative estimate of drug-likeness (QED) is 0.0554. The van der Waals surface area contributed by atoms with Gasteiger partial charge in [-0.15, -0.1) is 0 Å². The highest BCUT2D eigenvalue weighted by molar-refractivity contribution is 6.09. The zero-order valence-corrected chi connectivity index (χ0v) is 35.5. The Kier molecular flexibility index (Phi) is 13.6. The molecule has 338 valence electrons. The van der Waals surface area contributed by atoms with Gasteiger partial charge in [0.15, 0.2) is 12.0 Å². The summed E-state index contributed by atoms with van der Waals surface area (Å²) in [6.45, 7) is 1.53. The van der Waals surface area contributed by atoms with Crippen LogP contribution in [0, 0.1) is 24.2 Å². The molecule has 3 fully saturated rings. The molecule has 0 radical (unpaired) electrons. The zero-order chi connectivity index (χ0) is 46.5. The minimum atomic E-state index is -5.33. The molecule has 1 saturated carbocycles. The van der Waals surface area contributed by atoms with E-state index >= 15 is 0 Å². The van der Waals surface area contributed by atoms with E-state index in [0.717, 1.165) is 34.4 Å². The van der Waals surface area contributed by atoms with Gasteiger partial charge >= 0.3 is 24.2 Å². The first-order chi connectivity index (χ1) is 31.1. The van der Waals surface area contributed by atoms with E-state index < -0.39 is 41.8 Å². The highest BCUT2D eigenvalue weighted by Crippen LogP contribution is 2.48. The first kappa shape index (κ1) is 45.8. The molecule has 17 heteroatoms. The van der Waals surface area contributed by atoms with Crippen molar-refractivity contribution in [2.75, 3.05) is 46.5 Å². The molecule has 7 rings (SSSR count). The molecule has 1 aliphatic carbocycles. The summed E-state index contributed by atoms with van der Waals surface area (Å²) >= 11 is 0. The zero-order valence-electron chi connectivity index (χ0n) is 35.5. The van der Waals surface area contributed by atoms with Gasteiger partial charge in [-0.1, -0.05) is 42.2 Å². The van der Waals surface area contributed by atoms with E-state index in [1.54, 1.807) is 42.5 Å². The Morgan fingerprint density at radius 3 is 2.12 bits per heavy atom. The highest BCUT2D eigenvalue weighted by Gasteiger charge is 2.60. The summed E-state index contributed by atoms with van der Waals surface area (Å²) in [7, 11) is 1.21. The highest BCUT2D eigenvalue weighted by atomic mass is 19.4. The molecule has 3 N–H and O–H groups in total. The van der Waals surface area contributed by atoms with Crippen LogP contribution in [0.15, 0.2) is 84.9 Å². The lowest BCUT2D eigenvalue weighted by molar-refractivity contribution is -0.250. The molecule has 4 aromatic rings. The van der Waals surface area contributed by atoms with Gasteiger partial charge in [-0.25, -0.2) is 14.4 Å². The van der Waals surface area contributed by atoms with Crippen LogP contribution in [0.5, 0.6) is 5.75 Å². The number of benzene rings is 4. The number of likely N-dealkylation sites (tertiary alicyclic amines) is 2. The smallest absolute Gasteiger partial charge is 0.490 e. The van der Waals surface area contributed by atoms with Gasteiger partial charge < -0.3 is 34.9 Å². The van der Waals surface area contributed by atoms with E-state index in [9.17, 15) is 41.9 Å². The topological polar surface area (TPSA) is 184 Å². The number of amides is 3. The number of carbonyl (C=O) groups excluding carboxylic acids is 6. The van der Waals surface area contributed by atoms with Crippen molar-refractivity contribution < 1.29 is 60.9 Å². The number of ether oxygens (including phenoxy) is 4. The van der Waals surface area contributed by atoms with Crippen molar-refractivity contribution >= 4 is 35.6 Å². The minimum Gasteiger partial charge on any atom is -0.490 e. The maximum Gasteiger partial charge on any atom is 0.491 e. The molecule has 1 spiro atoms. The van der Waals surface area contributed by atoms with Crippen molar-refractivity contribution in [1.82, 2.24) is 15.1 Å². The second-order valence-corrected chi connectivity index (χ2v) is 16.0. The summed E-state index contributed by atoms with van der Waals surface area (Å²) in [5, 5.41) is 3.00. The van der Waals surface area contributed by atoms with Gasteiger partial charge in [-0.2, -0.15) is 13.2 Å². The van der Waals surface area contributed by atoms with Crippen LogP contribution in [-0.4, -0.2) is 110 Å². The summed E-state index contributed by atoms with van der Waals surface area (Å²) in [4.78, 5) is 79.2. The predicted octanol–water partition coefficient (Wildman–Crippen LogP) is 6.07. The van der Waals surface area contributed by atoms with Crippen LogP contribution in [0.25, 0.3) is 11.1 Å². The second-order valence-electron chi connectivity index (χ2n) is 16.0. The van der Waals surface area contributed by atoms with Crippen molar-refractivity contribution in [2.24, 2.45) is 11.1 Å². The molecule has 0 bridgehead atoms. The number of carbonyl (C=O) groups is 6. The molecule has 0 aromatic heterocycles. The van der Waals surface area contributed by atoms with Crippen molar-refractivity contribution in [3.05, 3.63) is 124 Å². The van der Waals surface area contributed by atoms with Gasteiger partial charge in [-0.05, 0) is 104 Å². The van der Waals surface area contributed by atoms with E-state index in [0.29, 0.717) is 22.4 Å². The van der Waals surface area contributed by atoms with Crippen molar-refractivity contribution in [3.63, 3.8) is 0 Å². The maximum absolute atomic E-state index is 13.5. The fourth-order valence-corrected chi connectivity index (χ4v) is 7.81. The lowest BCUT2D eigenvalue weighted by Crippen LogP contribution is -2.70. The average Bonchev–Trinajstić information content (AvgIpc) is 4.14. The molecule has 3 aliphatic rings. The van der Waals surface area contributed by atoms with Gasteiger partial charge in [0.25, 0.3) is 11.8 Å². The number of nitrogens with one attached hydrogen (secondary N) is 1. The third kappa shape index (κ3) is 10.4. The normalized spacial score (nSPS) is 16.3. The van der Waals surface area contributed by atoms with Gasteiger partial charge in [0, 0.05) is 58.9 Å². The second kappa shape index (κ2) is 19.3. The third-order valence-electron chi connectivity index (χ3n) is 11.6. The van der Waals surface area contributed by atoms with Crippen LogP contribution < -0.4 is 15.8 Å². The fraction of sp³-hybridized carbons (Fsp3) is 0.333. The molecule has 14 nitrogen and oxygen atoms in total. The lowest BCUT2D eigenvalue weighted by Gasteiger charge is -2.57. The molecule has 1 unspecified atom stereocenters. The fourth-order valence-electron chi connectivity index (χ4n) is 7.81. The molecular weight excluding hydrogens is 850 g/mol. The van der Waals surface area contributed by atoms with Gasteiger partial charge in [0.05, 0.1) is 19.2 Å². The predicted molar refractivity (Wildman–Crippen MR) is 228 cm³/mol. The van der Waals surface area contributed by atoms with Crippen molar-refractivity contribution in [1.29, 1.82) is 0 Å².